The Morgan fingerprint density at radius 3 is 2.49 bits per heavy atom. The molecule has 0 spiro atoms. The summed E-state index contributed by atoms with van der Waals surface area (Å²) in [7, 11) is 0. The zero-order valence-electron chi connectivity index (χ0n) is 19.4. The number of thiophene rings is 1. The van der Waals surface area contributed by atoms with Crippen LogP contribution in [0.2, 0.25) is 0 Å². The molecule has 1 unspecified atom stereocenters. The van der Waals surface area contributed by atoms with Crippen molar-refractivity contribution in [2.45, 2.75) is 44.7 Å². The van der Waals surface area contributed by atoms with Crippen molar-refractivity contribution in [3.8, 4) is 0 Å². The molecule has 1 atom stereocenters. The molecule has 0 bridgehead atoms. The van der Waals surface area contributed by atoms with Crippen LogP contribution < -0.4 is 15.8 Å². The smallest absolute Gasteiger partial charge is 0.349 e. The summed E-state index contributed by atoms with van der Waals surface area (Å²) in [4.78, 5) is 42.8. The monoisotopic (exact) mass is 486 g/mol. The molecule has 2 aromatic heterocycles. The Morgan fingerprint density at radius 1 is 1.03 bits per heavy atom. The summed E-state index contributed by atoms with van der Waals surface area (Å²) >= 11 is 1.41. The number of nitrogens with one attached hydrogen (secondary N) is 1. The van der Waals surface area contributed by atoms with Crippen LogP contribution in [-0.4, -0.2) is 17.9 Å². The highest BCUT2D eigenvalue weighted by atomic mass is 32.1. The first-order valence-corrected chi connectivity index (χ1v) is 12.7. The quantitative estimate of drug-likeness (QED) is 0.359. The summed E-state index contributed by atoms with van der Waals surface area (Å²) in [6.45, 7) is 1.96. The molecule has 6 nitrogen and oxygen atoms in total. The predicted molar refractivity (Wildman–Crippen MR) is 138 cm³/mol. The molecule has 7 heteroatoms. The lowest BCUT2D eigenvalue weighted by molar-refractivity contribution is -0.123. The lowest BCUT2D eigenvalue weighted by Gasteiger charge is -2.31. The van der Waals surface area contributed by atoms with Crippen molar-refractivity contribution in [3.05, 3.63) is 98.5 Å². The van der Waals surface area contributed by atoms with E-state index in [2.05, 4.69) is 5.32 Å². The summed E-state index contributed by atoms with van der Waals surface area (Å²) in [5.74, 6) is -0.827. The Labute approximate surface area is 207 Å². The predicted octanol–water partition coefficient (Wildman–Crippen LogP) is 5.61. The van der Waals surface area contributed by atoms with Gasteiger partial charge in [-0.25, -0.2) is 4.79 Å². The third-order valence-electron chi connectivity index (χ3n) is 6.42. The van der Waals surface area contributed by atoms with Crippen molar-refractivity contribution in [3.63, 3.8) is 0 Å². The van der Waals surface area contributed by atoms with E-state index in [-0.39, 0.29) is 17.5 Å². The average Bonchev–Trinajstić information content (AvgIpc) is 3.57. The zero-order valence-corrected chi connectivity index (χ0v) is 20.2. The number of anilines is 1. The van der Waals surface area contributed by atoms with E-state index in [0.717, 1.165) is 36.1 Å². The van der Waals surface area contributed by atoms with Crippen molar-refractivity contribution in [1.29, 1.82) is 0 Å². The van der Waals surface area contributed by atoms with E-state index in [1.54, 1.807) is 36.4 Å². The van der Waals surface area contributed by atoms with E-state index in [1.165, 1.54) is 16.2 Å². The highest BCUT2D eigenvalue weighted by molar-refractivity contribution is 7.10. The Bertz CT molecular complexity index is 1400. The molecule has 0 aliphatic heterocycles. The first-order chi connectivity index (χ1) is 17.0. The van der Waals surface area contributed by atoms with Gasteiger partial charge in [-0.2, -0.15) is 0 Å². The molecule has 1 aliphatic carbocycles. The van der Waals surface area contributed by atoms with E-state index in [1.807, 2.05) is 42.6 Å². The van der Waals surface area contributed by atoms with Gasteiger partial charge >= 0.3 is 5.63 Å². The standard InChI is InChI=1S/C28H26N2O4S/c1-18-12-14-21(15-13-18)30(27(32)22-17-19-7-2-5-10-23(19)34-28(22)33)25(24-11-6-16-35-24)26(31)29-20-8-3-4-9-20/h2,5-7,10-17,20,25H,3-4,8-9H2,1H3,(H,29,31). The van der Waals surface area contributed by atoms with Crippen molar-refractivity contribution < 1.29 is 14.0 Å². The largest absolute Gasteiger partial charge is 0.422 e. The van der Waals surface area contributed by atoms with Gasteiger partial charge in [0.05, 0.1) is 0 Å². The molecule has 5 rings (SSSR count). The number of hydrogen-bond acceptors (Lipinski definition) is 5. The molecule has 178 valence electrons. The Morgan fingerprint density at radius 2 is 1.77 bits per heavy atom. The lowest BCUT2D eigenvalue weighted by Crippen LogP contribution is -2.47. The molecule has 2 heterocycles. The first kappa shape index (κ1) is 23.1. The molecule has 1 saturated carbocycles. The van der Waals surface area contributed by atoms with Gasteiger partial charge < -0.3 is 9.73 Å². The third-order valence-corrected chi connectivity index (χ3v) is 7.35. The molecule has 2 amide bonds. The minimum absolute atomic E-state index is 0.0886. The van der Waals surface area contributed by atoms with Gasteiger partial charge in [0.1, 0.15) is 11.1 Å². The van der Waals surface area contributed by atoms with Gasteiger partial charge in [0.25, 0.3) is 5.91 Å². The van der Waals surface area contributed by atoms with Gasteiger partial charge in [0, 0.05) is 22.0 Å². The molecule has 2 aromatic carbocycles. The van der Waals surface area contributed by atoms with Crippen LogP contribution in [0.15, 0.2) is 81.3 Å². The number of para-hydroxylation sites is 1. The molecule has 1 N–H and O–H groups in total. The molecule has 35 heavy (non-hydrogen) atoms. The summed E-state index contributed by atoms with van der Waals surface area (Å²) in [5, 5.41) is 5.68. The Kier molecular flexibility index (Phi) is 6.51. The summed E-state index contributed by atoms with van der Waals surface area (Å²) in [6, 6.07) is 18.9. The molecule has 0 saturated heterocycles. The van der Waals surface area contributed by atoms with Crippen molar-refractivity contribution in [1.82, 2.24) is 5.32 Å². The zero-order chi connectivity index (χ0) is 24.4. The number of amides is 2. The van der Waals surface area contributed by atoms with E-state index in [0.29, 0.717) is 16.7 Å². The van der Waals surface area contributed by atoms with Crippen LogP contribution in [0.5, 0.6) is 0 Å². The van der Waals surface area contributed by atoms with E-state index in [9.17, 15) is 14.4 Å². The van der Waals surface area contributed by atoms with Crippen LogP contribution in [0.1, 0.15) is 52.5 Å². The normalized spacial score (nSPS) is 14.7. The van der Waals surface area contributed by atoms with Gasteiger partial charge in [-0.3, -0.25) is 14.5 Å². The van der Waals surface area contributed by atoms with Crippen LogP contribution in [-0.2, 0) is 4.79 Å². The number of carbonyl (C=O) groups is 2. The summed E-state index contributed by atoms with van der Waals surface area (Å²) < 4.78 is 5.46. The Balaban J connectivity index is 1.63. The van der Waals surface area contributed by atoms with Crippen LogP contribution >= 0.6 is 11.3 Å². The second-order valence-electron chi connectivity index (χ2n) is 8.90. The molecule has 4 aromatic rings. The molecule has 1 aliphatic rings. The summed E-state index contributed by atoms with van der Waals surface area (Å²) in [5.41, 5.74) is 1.12. The van der Waals surface area contributed by atoms with Crippen LogP contribution in [0.25, 0.3) is 11.0 Å². The maximum absolute atomic E-state index is 14.1. The molecule has 1 fully saturated rings. The molecular weight excluding hydrogens is 460 g/mol. The molecule has 0 radical (unpaired) electrons. The SMILES string of the molecule is Cc1ccc(N(C(=O)c2cc3ccccc3oc2=O)C(C(=O)NC2CCCC2)c2cccs2)cc1. The summed E-state index contributed by atoms with van der Waals surface area (Å²) in [6.07, 6.45) is 4.01. The number of hydrogen-bond donors (Lipinski definition) is 1. The maximum atomic E-state index is 14.1. The van der Waals surface area contributed by atoms with Gasteiger partial charge in [0.2, 0.25) is 5.91 Å². The first-order valence-electron chi connectivity index (χ1n) is 11.8. The minimum atomic E-state index is -0.920. The second kappa shape index (κ2) is 9.88. The number of nitrogens with zero attached hydrogens (tertiary/aromatic N) is 1. The fourth-order valence-corrected chi connectivity index (χ4v) is 5.41. The number of carbonyl (C=O) groups excluding carboxylic acids is 2. The number of fused-ring (bicyclic) bond motifs is 1. The van der Waals surface area contributed by atoms with E-state index >= 15 is 0 Å². The second-order valence-corrected chi connectivity index (χ2v) is 9.88. The fraction of sp³-hybridized carbons (Fsp3) is 0.250. The number of rotatable bonds is 6. The van der Waals surface area contributed by atoms with Crippen molar-refractivity contribution in [2.24, 2.45) is 0 Å². The van der Waals surface area contributed by atoms with Crippen LogP contribution in [0.4, 0.5) is 5.69 Å². The van der Waals surface area contributed by atoms with E-state index < -0.39 is 17.6 Å². The lowest BCUT2D eigenvalue weighted by atomic mass is 10.1. The van der Waals surface area contributed by atoms with Crippen LogP contribution in [0.3, 0.4) is 0 Å². The Hall–Kier alpha value is -3.71. The van der Waals surface area contributed by atoms with Gasteiger partial charge in [-0.15, -0.1) is 11.3 Å². The average molecular weight is 487 g/mol. The highest BCUT2D eigenvalue weighted by Gasteiger charge is 2.36. The van der Waals surface area contributed by atoms with Gasteiger partial charge in [-0.1, -0.05) is 54.8 Å². The third kappa shape index (κ3) is 4.77. The highest BCUT2D eigenvalue weighted by Crippen LogP contribution is 2.33. The van der Waals surface area contributed by atoms with E-state index in [4.69, 9.17) is 4.42 Å². The van der Waals surface area contributed by atoms with Crippen molar-refractivity contribution in [2.75, 3.05) is 4.90 Å². The van der Waals surface area contributed by atoms with Crippen molar-refractivity contribution >= 4 is 39.8 Å². The van der Waals surface area contributed by atoms with Gasteiger partial charge in [-0.05, 0) is 55.5 Å². The maximum Gasteiger partial charge on any atom is 0.349 e. The molecular formula is C28H26N2O4S. The van der Waals surface area contributed by atoms with Crippen LogP contribution in [0, 0.1) is 6.92 Å². The number of aryl methyl sites for hydroxylation is 1. The minimum Gasteiger partial charge on any atom is -0.422 e. The number of benzene rings is 2. The van der Waals surface area contributed by atoms with Gasteiger partial charge in [0.15, 0.2) is 6.04 Å². The topological polar surface area (TPSA) is 79.6 Å². The fourth-order valence-electron chi connectivity index (χ4n) is 4.60.